The summed E-state index contributed by atoms with van der Waals surface area (Å²) in [6.07, 6.45) is 7.90. The van der Waals surface area contributed by atoms with E-state index < -0.39 is 0 Å². The molecule has 0 radical (unpaired) electrons. The predicted molar refractivity (Wildman–Crippen MR) is 63.6 cm³/mol. The van der Waals surface area contributed by atoms with Gasteiger partial charge >= 0.3 is 0 Å². The summed E-state index contributed by atoms with van der Waals surface area (Å²) in [6.45, 7) is 0. The van der Waals surface area contributed by atoms with Crippen LogP contribution in [0.4, 0.5) is 5.82 Å². The van der Waals surface area contributed by atoms with E-state index in [1.807, 2.05) is 17.0 Å². The fourth-order valence-electron chi connectivity index (χ4n) is 2.22. The molecule has 0 amide bonds. The number of fused-ring (bicyclic) bond motifs is 1. The Balaban J connectivity index is 2.05. The molecule has 1 aliphatic carbocycles. The number of nitrogen functional groups attached to an aromatic ring is 1. The Bertz CT molecular complexity index is 533. The molecule has 0 spiro atoms. The summed E-state index contributed by atoms with van der Waals surface area (Å²) < 4.78 is 2.02. The van der Waals surface area contributed by atoms with E-state index in [2.05, 4.69) is 20.4 Å². The van der Waals surface area contributed by atoms with Crippen molar-refractivity contribution in [3.8, 4) is 5.82 Å². The number of rotatable bonds is 2. The number of hydrogen-bond donors (Lipinski definition) is 2. The standard InChI is InChI=1S/C11H14N6/c12-16-10-5-11(14-6-13-10)17-7-15-8-3-1-2-4-9(8)17/h5-7H,1-4,12H2,(H,13,14,16). The van der Waals surface area contributed by atoms with Gasteiger partial charge in [-0.25, -0.2) is 20.8 Å². The number of nitrogens with zero attached hydrogens (tertiary/aromatic N) is 4. The van der Waals surface area contributed by atoms with Crippen molar-refractivity contribution >= 4 is 5.82 Å². The van der Waals surface area contributed by atoms with Crippen LogP contribution < -0.4 is 11.3 Å². The molecule has 6 nitrogen and oxygen atoms in total. The summed E-state index contributed by atoms with van der Waals surface area (Å²) in [5.41, 5.74) is 4.98. The molecule has 2 heterocycles. The van der Waals surface area contributed by atoms with Gasteiger partial charge < -0.3 is 5.43 Å². The minimum absolute atomic E-state index is 0.605. The van der Waals surface area contributed by atoms with Crippen molar-refractivity contribution in [2.24, 2.45) is 5.84 Å². The third-order valence-electron chi connectivity index (χ3n) is 3.08. The van der Waals surface area contributed by atoms with Crippen LogP contribution in [0.5, 0.6) is 0 Å². The number of aromatic nitrogens is 4. The smallest absolute Gasteiger partial charge is 0.145 e. The van der Waals surface area contributed by atoms with Crippen LogP contribution in [0.1, 0.15) is 24.2 Å². The Hall–Kier alpha value is -1.95. The van der Waals surface area contributed by atoms with E-state index in [-0.39, 0.29) is 0 Å². The maximum Gasteiger partial charge on any atom is 0.145 e. The van der Waals surface area contributed by atoms with Crippen molar-refractivity contribution in [3.63, 3.8) is 0 Å². The number of nitrogens with two attached hydrogens (primary N) is 1. The van der Waals surface area contributed by atoms with E-state index in [9.17, 15) is 0 Å². The molecule has 0 saturated carbocycles. The molecule has 3 rings (SSSR count). The third-order valence-corrected chi connectivity index (χ3v) is 3.08. The zero-order chi connectivity index (χ0) is 11.7. The van der Waals surface area contributed by atoms with Crippen LogP contribution in [0, 0.1) is 0 Å². The first-order valence-corrected chi connectivity index (χ1v) is 5.72. The fourth-order valence-corrected chi connectivity index (χ4v) is 2.22. The van der Waals surface area contributed by atoms with Crippen molar-refractivity contribution in [1.82, 2.24) is 19.5 Å². The van der Waals surface area contributed by atoms with Gasteiger partial charge in [-0.05, 0) is 25.7 Å². The van der Waals surface area contributed by atoms with Gasteiger partial charge in [-0.15, -0.1) is 0 Å². The van der Waals surface area contributed by atoms with Gasteiger partial charge in [0.25, 0.3) is 0 Å². The van der Waals surface area contributed by atoms with E-state index in [4.69, 9.17) is 5.84 Å². The van der Waals surface area contributed by atoms with Crippen LogP contribution in [0.25, 0.3) is 5.82 Å². The Morgan fingerprint density at radius 2 is 2.06 bits per heavy atom. The highest BCUT2D eigenvalue weighted by molar-refractivity contribution is 5.40. The molecule has 0 saturated heterocycles. The molecule has 17 heavy (non-hydrogen) atoms. The molecule has 2 aromatic rings. The first-order valence-electron chi connectivity index (χ1n) is 5.72. The second-order valence-electron chi connectivity index (χ2n) is 4.12. The molecule has 0 unspecified atom stereocenters. The van der Waals surface area contributed by atoms with E-state index in [0.29, 0.717) is 5.82 Å². The van der Waals surface area contributed by atoms with Gasteiger partial charge in [0.1, 0.15) is 24.3 Å². The average Bonchev–Trinajstić information content (AvgIpc) is 2.82. The van der Waals surface area contributed by atoms with Gasteiger partial charge in [0, 0.05) is 11.8 Å². The third kappa shape index (κ3) is 1.76. The zero-order valence-electron chi connectivity index (χ0n) is 9.43. The van der Waals surface area contributed by atoms with E-state index >= 15 is 0 Å². The number of nitrogens with one attached hydrogen (secondary N) is 1. The number of hydrogen-bond acceptors (Lipinski definition) is 5. The molecule has 0 fully saturated rings. The van der Waals surface area contributed by atoms with Crippen molar-refractivity contribution in [2.45, 2.75) is 25.7 Å². The highest BCUT2D eigenvalue weighted by Crippen LogP contribution is 2.22. The lowest BCUT2D eigenvalue weighted by molar-refractivity contribution is 0.654. The highest BCUT2D eigenvalue weighted by Gasteiger charge is 2.16. The Morgan fingerprint density at radius 3 is 2.94 bits per heavy atom. The molecule has 88 valence electrons. The monoisotopic (exact) mass is 230 g/mol. The minimum Gasteiger partial charge on any atom is -0.308 e. The molecule has 2 aromatic heterocycles. The normalized spacial score (nSPS) is 14.4. The maximum atomic E-state index is 5.34. The topological polar surface area (TPSA) is 81.6 Å². The fraction of sp³-hybridized carbons (Fsp3) is 0.364. The number of anilines is 1. The molecule has 0 bridgehead atoms. The SMILES string of the molecule is NNc1cc(-n2cnc3c2CCCC3)ncn1. The van der Waals surface area contributed by atoms with Gasteiger partial charge in [-0.2, -0.15) is 0 Å². The first kappa shape index (κ1) is 10.2. The lowest BCUT2D eigenvalue weighted by Crippen LogP contribution is -2.11. The van der Waals surface area contributed by atoms with Crippen molar-refractivity contribution < 1.29 is 0 Å². The molecule has 0 aliphatic heterocycles. The molecule has 3 N–H and O–H groups in total. The van der Waals surface area contributed by atoms with Gasteiger partial charge in [0.2, 0.25) is 0 Å². The Morgan fingerprint density at radius 1 is 1.18 bits per heavy atom. The Kier molecular flexibility index (Phi) is 2.49. The lowest BCUT2D eigenvalue weighted by atomic mass is 10.0. The van der Waals surface area contributed by atoms with E-state index in [0.717, 1.165) is 18.7 Å². The second-order valence-corrected chi connectivity index (χ2v) is 4.12. The average molecular weight is 230 g/mol. The molecule has 6 heteroatoms. The molecule has 0 aromatic carbocycles. The summed E-state index contributed by atoms with van der Waals surface area (Å²) in [5, 5.41) is 0. The van der Waals surface area contributed by atoms with Gasteiger partial charge in [-0.1, -0.05) is 0 Å². The maximum absolute atomic E-state index is 5.34. The van der Waals surface area contributed by atoms with Crippen LogP contribution in [0.15, 0.2) is 18.7 Å². The van der Waals surface area contributed by atoms with Crippen LogP contribution >= 0.6 is 0 Å². The zero-order valence-corrected chi connectivity index (χ0v) is 9.43. The summed E-state index contributed by atoms with van der Waals surface area (Å²) in [4.78, 5) is 12.7. The summed E-state index contributed by atoms with van der Waals surface area (Å²) >= 11 is 0. The number of aryl methyl sites for hydroxylation is 1. The summed E-state index contributed by atoms with van der Waals surface area (Å²) in [5.74, 6) is 6.76. The van der Waals surface area contributed by atoms with Crippen LogP contribution in [0.2, 0.25) is 0 Å². The van der Waals surface area contributed by atoms with Gasteiger partial charge in [0.15, 0.2) is 0 Å². The van der Waals surface area contributed by atoms with E-state index in [1.165, 1.54) is 30.6 Å². The molecular weight excluding hydrogens is 216 g/mol. The minimum atomic E-state index is 0.605. The number of imidazole rings is 1. The first-order chi connectivity index (χ1) is 8.38. The van der Waals surface area contributed by atoms with Crippen LogP contribution in [-0.4, -0.2) is 19.5 Å². The Labute approximate surface area is 98.9 Å². The predicted octanol–water partition coefficient (Wildman–Crippen LogP) is 0.827. The van der Waals surface area contributed by atoms with Gasteiger partial charge in [0.05, 0.1) is 5.69 Å². The number of hydrazine groups is 1. The van der Waals surface area contributed by atoms with Crippen LogP contribution in [0.3, 0.4) is 0 Å². The summed E-state index contributed by atoms with van der Waals surface area (Å²) in [7, 11) is 0. The largest absolute Gasteiger partial charge is 0.308 e. The lowest BCUT2D eigenvalue weighted by Gasteiger charge is -2.13. The van der Waals surface area contributed by atoms with Crippen molar-refractivity contribution in [1.29, 1.82) is 0 Å². The molecule has 0 atom stereocenters. The summed E-state index contributed by atoms with van der Waals surface area (Å²) in [6, 6.07) is 1.82. The van der Waals surface area contributed by atoms with E-state index in [1.54, 1.807) is 0 Å². The van der Waals surface area contributed by atoms with Crippen molar-refractivity contribution in [2.75, 3.05) is 5.43 Å². The molecule has 1 aliphatic rings. The molecular formula is C11H14N6. The quantitative estimate of drug-likeness (QED) is 0.590. The highest BCUT2D eigenvalue weighted by atomic mass is 15.3. The van der Waals surface area contributed by atoms with Crippen molar-refractivity contribution in [3.05, 3.63) is 30.1 Å². The second kappa shape index (κ2) is 4.14. The van der Waals surface area contributed by atoms with Crippen LogP contribution in [-0.2, 0) is 12.8 Å². The van der Waals surface area contributed by atoms with Gasteiger partial charge in [-0.3, -0.25) is 4.57 Å².